The number of halogens is 1. The summed E-state index contributed by atoms with van der Waals surface area (Å²) in [6.45, 7) is 1.96. The van der Waals surface area contributed by atoms with E-state index < -0.39 is 18.6 Å². The number of hydrogen-bond acceptors (Lipinski definition) is 4. The van der Waals surface area contributed by atoms with Crippen LogP contribution in [0.4, 0.5) is 4.39 Å². The fraction of sp³-hybridized carbons (Fsp3) is 0.121. The van der Waals surface area contributed by atoms with Gasteiger partial charge in [-0.3, -0.25) is 15.0 Å². The Hall–Kier alpha value is -8.59. The molecule has 5 heteroatoms. The van der Waals surface area contributed by atoms with Crippen LogP contribution in [0.25, 0.3) is 78.3 Å². The number of fused-ring (bicyclic) bond motifs is 1. The molecule has 0 unspecified atom stereocenters. The standard InChI is InChI=1S/C66H51FN4/c1-44-35-53(28-31-57(44)61-30-23-49(42-68)39-63(61)67)62-40-54(66-41-52-9-8-10-55(52)43-71-66)29-32-60(62)59-12-3-2-11-58(59)56-37-47(17-15-45-19-24-50(25-20-45)64-13-4-6-33-69-64)36-48(38-56)18-16-46-21-26-51(27-22-46)65-14-5-7-34-70-65/h2-7,11-14,19-41,43H,8-10,15-18H2,1H3/i9D2,10D2. The summed E-state index contributed by atoms with van der Waals surface area (Å²) in [6, 6.07) is 65.3. The number of benzene rings is 7. The molecule has 0 spiro atoms. The molecule has 4 nitrogen and oxygen atoms in total. The van der Waals surface area contributed by atoms with Gasteiger partial charge in [0.2, 0.25) is 0 Å². The minimum Gasteiger partial charge on any atom is -0.256 e. The van der Waals surface area contributed by atoms with Crippen LogP contribution < -0.4 is 0 Å². The molecule has 10 aromatic rings. The minimum atomic E-state index is -1.85. The van der Waals surface area contributed by atoms with Gasteiger partial charge in [-0.15, -0.1) is 0 Å². The molecule has 1 aliphatic rings. The second-order valence-corrected chi connectivity index (χ2v) is 18.1. The normalized spacial score (nSPS) is 14.1. The molecule has 342 valence electrons. The van der Waals surface area contributed by atoms with Crippen molar-refractivity contribution in [3.63, 3.8) is 0 Å². The van der Waals surface area contributed by atoms with Gasteiger partial charge in [0.05, 0.1) is 28.7 Å². The van der Waals surface area contributed by atoms with Crippen LogP contribution in [-0.2, 0) is 38.4 Å². The molecule has 0 saturated carbocycles. The molecule has 7 aromatic carbocycles. The fourth-order valence-corrected chi connectivity index (χ4v) is 9.75. The van der Waals surface area contributed by atoms with Gasteiger partial charge in [-0.1, -0.05) is 140 Å². The highest BCUT2D eigenvalue weighted by Gasteiger charge is 2.19. The predicted octanol–water partition coefficient (Wildman–Crippen LogP) is 15.9. The van der Waals surface area contributed by atoms with Gasteiger partial charge in [-0.25, -0.2) is 4.39 Å². The third kappa shape index (κ3) is 9.84. The average molecular weight is 923 g/mol. The lowest BCUT2D eigenvalue weighted by atomic mass is 9.85. The molecule has 0 fully saturated rings. The number of nitriles is 1. The Morgan fingerprint density at radius 3 is 1.63 bits per heavy atom. The van der Waals surface area contributed by atoms with E-state index in [0.717, 1.165) is 92.7 Å². The van der Waals surface area contributed by atoms with E-state index in [-0.39, 0.29) is 17.5 Å². The molecule has 71 heavy (non-hydrogen) atoms. The van der Waals surface area contributed by atoms with Crippen LogP contribution in [0.15, 0.2) is 207 Å². The highest BCUT2D eigenvalue weighted by atomic mass is 19.1. The van der Waals surface area contributed by atoms with Crippen molar-refractivity contribution in [1.82, 2.24) is 15.0 Å². The van der Waals surface area contributed by atoms with Crippen molar-refractivity contribution in [3.8, 4) is 84.3 Å². The third-order valence-electron chi connectivity index (χ3n) is 13.5. The SMILES string of the molecule is [2H]C1([2H])CC([2H])([2H])c2cc(-c3ccc(-c4ccccc4-c4cc(CCc5ccc(-c6ccccn6)cc5)cc(CCc5ccc(-c6ccccn6)cc5)c4)c(-c4ccc(-c5ccc(C#N)cc5F)c(C)c4)c3)ncc21. The van der Waals surface area contributed by atoms with Gasteiger partial charge in [0, 0.05) is 46.3 Å². The van der Waals surface area contributed by atoms with Crippen LogP contribution >= 0.6 is 0 Å². The zero-order valence-corrected chi connectivity index (χ0v) is 39.3. The molecule has 1 aliphatic carbocycles. The maximum Gasteiger partial charge on any atom is 0.132 e. The van der Waals surface area contributed by atoms with Gasteiger partial charge in [0.15, 0.2) is 0 Å². The molecule has 0 aliphatic heterocycles. The van der Waals surface area contributed by atoms with E-state index in [9.17, 15) is 5.26 Å². The molecule has 0 N–H and O–H groups in total. The monoisotopic (exact) mass is 922 g/mol. The molecular formula is C66H51FN4. The summed E-state index contributed by atoms with van der Waals surface area (Å²) in [5.41, 5.74) is 19.1. The number of rotatable bonds is 13. The summed E-state index contributed by atoms with van der Waals surface area (Å²) in [5.74, 6) is -0.466. The van der Waals surface area contributed by atoms with Crippen molar-refractivity contribution in [1.29, 1.82) is 5.26 Å². The van der Waals surface area contributed by atoms with Crippen molar-refractivity contribution >= 4 is 0 Å². The zero-order chi connectivity index (χ0) is 51.7. The summed E-state index contributed by atoms with van der Waals surface area (Å²) in [6.07, 6.45) is 4.57. The van der Waals surface area contributed by atoms with Gasteiger partial charge >= 0.3 is 0 Å². The van der Waals surface area contributed by atoms with Crippen molar-refractivity contribution in [2.24, 2.45) is 0 Å². The first-order valence-electron chi connectivity index (χ1n) is 26.1. The lowest BCUT2D eigenvalue weighted by molar-refractivity contribution is 0.630. The van der Waals surface area contributed by atoms with Crippen molar-refractivity contribution in [2.45, 2.75) is 51.8 Å². The summed E-state index contributed by atoms with van der Waals surface area (Å²) in [4.78, 5) is 13.8. The first-order valence-corrected chi connectivity index (χ1v) is 24.1. The van der Waals surface area contributed by atoms with E-state index in [1.165, 1.54) is 34.5 Å². The highest BCUT2D eigenvalue weighted by molar-refractivity contribution is 5.94. The van der Waals surface area contributed by atoms with Crippen molar-refractivity contribution in [2.75, 3.05) is 0 Å². The number of hydrogen-bond donors (Lipinski definition) is 0. The van der Waals surface area contributed by atoms with Crippen LogP contribution in [0.3, 0.4) is 0 Å². The topological polar surface area (TPSA) is 62.5 Å². The van der Waals surface area contributed by atoms with E-state index in [4.69, 9.17) is 10.5 Å². The summed E-state index contributed by atoms with van der Waals surface area (Å²) < 4.78 is 50.2. The van der Waals surface area contributed by atoms with Crippen LogP contribution in [0.1, 0.15) is 56.4 Å². The molecule has 0 amide bonds. The fourth-order valence-electron chi connectivity index (χ4n) is 9.75. The summed E-state index contributed by atoms with van der Waals surface area (Å²) in [7, 11) is 0. The lowest BCUT2D eigenvalue weighted by Gasteiger charge is -2.19. The van der Waals surface area contributed by atoms with Gasteiger partial charge in [-0.05, 0) is 178 Å². The Kier molecular flexibility index (Phi) is 11.5. The third-order valence-corrected chi connectivity index (χ3v) is 13.5. The second kappa shape index (κ2) is 20.2. The molecule has 0 radical (unpaired) electrons. The molecule has 3 aromatic heterocycles. The molecule has 0 bridgehead atoms. The van der Waals surface area contributed by atoms with Gasteiger partial charge in [-0.2, -0.15) is 5.26 Å². The van der Waals surface area contributed by atoms with Crippen LogP contribution in [0.2, 0.25) is 0 Å². The summed E-state index contributed by atoms with van der Waals surface area (Å²) >= 11 is 0. The zero-order valence-electron chi connectivity index (χ0n) is 43.3. The summed E-state index contributed by atoms with van der Waals surface area (Å²) in [5, 5.41) is 9.43. The van der Waals surface area contributed by atoms with Gasteiger partial charge in [0.25, 0.3) is 0 Å². The Bertz CT molecular complexity index is 3670. The number of nitrogens with zero attached hydrogens (tertiary/aromatic N) is 4. The molecule has 0 atom stereocenters. The quantitative estimate of drug-likeness (QED) is 0.116. The Morgan fingerprint density at radius 2 is 1.01 bits per heavy atom. The molecule has 3 heterocycles. The van der Waals surface area contributed by atoms with E-state index in [1.807, 2.05) is 80.0 Å². The van der Waals surface area contributed by atoms with Crippen LogP contribution in [-0.4, -0.2) is 15.0 Å². The van der Waals surface area contributed by atoms with Crippen molar-refractivity contribution < 1.29 is 9.87 Å². The number of aromatic nitrogens is 3. The lowest BCUT2D eigenvalue weighted by Crippen LogP contribution is -1.98. The highest BCUT2D eigenvalue weighted by Crippen LogP contribution is 2.42. The Morgan fingerprint density at radius 1 is 0.451 bits per heavy atom. The van der Waals surface area contributed by atoms with Crippen LogP contribution in [0.5, 0.6) is 0 Å². The molecule has 11 rings (SSSR count). The van der Waals surface area contributed by atoms with E-state index in [0.29, 0.717) is 22.4 Å². The first kappa shape index (κ1) is 40.3. The van der Waals surface area contributed by atoms with E-state index in [1.54, 1.807) is 18.2 Å². The van der Waals surface area contributed by atoms with Gasteiger partial charge < -0.3 is 0 Å². The Balaban J connectivity index is 0.995. The first-order chi connectivity index (χ1) is 36.4. The molecular weight excluding hydrogens is 868 g/mol. The predicted molar refractivity (Wildman–Crippen MR) is 287 cm³/mol. The maximum absolute atomic E-state index is 15.5. The smallest absolute Gasteiger partial charge is 0.132 e. The van der Waals surface area contributed by atoms with Gasteiger partial charge in [0.1, 0.15) is 5.82 Å². The minimum absolute atomic E-state index is 0.256. The maximum atomic E-state index is 15.5. The number of pyridine rings is 3. The largest absolute Gasteiger partial charge is 0.256 e. The average Bonchev–Trinajstić information content (AvgIpc) is 3.64. The Labute approximate surface area is 421 Å². The van der Waals surface area contributed by atoms with Crippen molar-refractivity contribution in [3.05, 3.63) is 257 Å². The second-order valence-electron chi connectivity index (χ2n) is 18.1. The van der Waals surface area contributed by atoms with E-state index >= 15 is 4.39 Å². The molecule has 0 saturated heterocycles. The van der Waals surface area contributed by atoms with E-state index in [2.05, 4.69) is 119 Å². The number of aryl methyl sites for hydroxylation is 7. The van der Waals surface area contributed by atoms with Crippen LogP contribution in [0, 0.1) is 24.1 Å².